The monoisotopic (exact) mass is 195 g/mol. The molecular formula is C13H25N. The molecule has 2 saturated carbocycles. The first-order valence-corrected chi connectivity index (χ1v) is 6.52. The van der Waals surface area contributed by atoms with E-state index in [0.29, 0.717) is 11.5 Å². The van der Waals surface area contributed by atoms with Gasteiger partial charge in [0.15, 0.2) is 0 Å². The Morgan fingerprint density at radius 3 is 2.36 bits per heavy atom. The summed E-state index contributed by atoms with van der Waals surface area (Å²) in [5.74, 6) is 1.84. The van der Waals surface area contributed by atoms with Gasteiger partial charge in [0.1, 0.15) is 0 Å². The van der Waals surface area contributed by atoms with Crippen molar-refractivity contribution in [2.24, 2.45) is 23.0 Å². The molecule has 3 unspecified atom stereocenters. The summed E-state index contributed by atoms with van der Waals surface area (Å²) in [7, 11) is 0. The van der Waals surface area contributed by atoms with Crippen LogP contribution in [-0.4, -0.2) is 6.04 Å². The Bertz CT molecular complexity index is 195. The maximum Gasteiger partial charge on any atom is 0.0129 e. The van der Waals surface area contributed by atoms with E-state index in [2.05, 4.69) is 13.8 Å². The first-order valence-electron chi connectivity index (χ1n) is 6.52. The van der Waals surface area contributed by atoms with Crippen molar-refractivity contribution in [2.75, 3.05) is 0 Å². The van der Waals surface area contributed by atoms with Crippen molar-refractivity contribution in [3.8, 4) is 0 Å². The largest absolute Gasteiger partial charge is 0.327 e. The van der Waals surface area contributed by atoms with Gasteiger partial charge in [0.05, 0.1) is 0 Å². The highest BCUT2D eigenvalue weighted by atomic mass is 14.8. The van der Waals surface area contributed by atoms with E-state index in [4.69, 9.17) is 5.73 Å². The third-order valence-corrected chi connectivity index (χ3v) is 5.25. The summed E-state index contributed by atoms with van der Waals surface area (Å²) in [5, 5.41) is 0. The molecule has 0 spiro atoms. The van der Waals surface area contributed by atoms with Crippen LogP contribution >= 0.6 is 0 Å². The van der Waals surface area contributed by atoms with Crippen LogP contribution in [-0.2, 0) is 0 Å². The van der Waals surface area contributed by atoms with E-state index in [0.717, 1.165) is 11.8 Å². The van der Waals surface area contributed by atoms with Gasteiger partial charge in [-0.15, -0.1) is 0 Å². The predicted octanol–water partition coefficient (Wildman–Crippen LogP) is 3.33. The molecule has 0 amide bonds. The summed E-state index contributed by atoms with van der Waals surface area (Å²) in [6.07, 6.45) is 9.79. The highest BCUT2D eigenvalue weighted by molar-refractivity contribution is 5.09. The summed E-state index contributed by atoms with van der Waals surface area (Å²) in [6.45, 7) is 4.68. The Balaban J connectivity index is 2.13. The lowest BCUT2D eigenvalue weighted by molar-refractivity contribution is -0.0824. The molecule has 0 aromatic heterocycles. The molecule has 0 saturated heterocycles. The Hall–Kier alpha value is -0.0400. The summed E-state index contributed by atoms with van der Waals surface area (Å²) in [4.78, 5) is 0. The van der Waals surface area contributed by atoms with E-state index in [1.54, 1.807) is 0 Å². The fourth-order valence-electron chi connectivity index (χ4n) is 4.28. The maximum absolute atomic E-state index is 6.40. The number of hydrogen-bond donors (Lipinski definition) is 1. The fraction of sp³-hybridized carbons (Fsp3) is 1.00. The van der Waals surface area contributed by atoms with Crippen molar-refractivity contribution in [3.63, 3.8) is 0 Å². The van der Waals surface area contributed by atoms with E-state index in [1.807, 2.05) is 0 Å². The zero-order valence-electron chi connectivity index (χ0n) is 9.76. The normalized spacial score (nSPS) is 40.9. The zero-order chi connectivity index (χ0) is 10.2. The van der Waals surface area contributed by atoms with Crippen molar-refractivity contribution in [1.82, 2.24) is 0 Å². The van der Waals surface area contributed by atoms with Gasteiger partial charge < -0.3 is 5.73 Å². The SMILES string of the molecule is CCC1(CC)C(N)C2CCCCCC21. The second-order valence-electron chi connectivity index (χ2n) is 5.37. The predicted molar refractivity (Wildman–Crippen MR) is 61.1 cm³/mol. The average molecular weight is 195 g/mol. The summed E-state index contributed by atoms with van der Waals surface area (Å²) in [5.41, 5.74) is 6.93. The Morgan fingerprint density at radius 1 is 1.07 bits per heavy atom. The molecular weight excluding hydrogens is 170 g/mol. The molecule has 0 bridgehead atoms. The smallest absolute Gasteiger partial charge is 0.0129 e. The minimum atomic E-state index is 0.514. The lowest BCUT2D eigenvalue weighted by Crippen LogP contribution is -2.64. The van der Waals surface area contributed by atoms with E-state index in [9.17, 15) is 0 Å². The van der Waals surface area contributed by atoms with Crippen molar-refractivity contribution in [2.45, 2.75) is 64.8 Å². The van der Waals surface area contributed by atoms with Crippen molar-refractivity contribution >= 4 is 0 Å². The van der Waals surface area contributed by atoms with E-state index >= 15 is 0 Å². The molecule has 2 aliphatic rings. The molecule has 1 heteroatoms. The van der Waals surface area contributed by atoms with Crippen LogP contribution in [0.4, 0.5) is 0 Å². The van der Waals surface area contributed by atoms with Crippen LogP contribution in [0.3, 0.4) is 0 Å². The molecule has 0 aromatic rings. The third-order valence-electron chi connectivity index (χ3n) is 5.25. The molecule has 82 valence electrons. The molecule has 14 heavy (non-hydrogen) atoms. The van der Waals surface area contributed by atoms with Crippen LogP contribution in [0, 0.1) is 17.3 Å². The van der Waals surface area contributed by atoms with Crippen LogP contribution in [0.5, 0.6) is 0 Å². The van der Waals surface area contributed by atoms with Gasteiger partial charge in [-0.1, -0.05) is 33.1 Å². The standard InChI is InChI=1S/C13H25N/c1-3-13(4-2)11-9-7-5-6-8-10(11)12(13)14/h10-12H,3-9,14H2,1-2H3. The van der Waals surface area contributed by atoms with Crippen LogP contribution in [0.2, 0.25) is 0 Å². The quantitative estimate of drug-likeness (QED) is 0.718. The highest BCUT2D eigenvalue weighted by Crippen LogP contribution is 2.59. The van der Waals surface area contributed by atoms with Gasteiger partial charge in [-0.3, -0.25) is 0 Å². The van der Waals surface area contributed by atoms with Crippen LogP contribution in [0.15, 0.2) is 0 Å². The number of rotatable bonds is 2. The van der Waals surface area contributed by atoms with Gasteiger partial charge in [-0.25, -0.2) is 0 Å². The molecule has 2 N–H and O–H groups in total. The van der Waals surface area contributed by atoms with E-state index in [-0.39, 0.29) is 0 Å². The second kappa shape index (κ2) is 3.84. The van der Waals surface area contributed by atoms with Crippen LogP contribution < -0.4 is 5.73 Å². The Labute approximate surface area is 88.4 Å². The van der Waals surface area contributed by atoms with Gasteiger partial charge >= 0.3 is 0 Å². The third kappa shape index (κ3) is 1.25. The van der Waals surface area contributed by atoms with Gasteiger partial charge in [0.2, 0.25) is 0 Å². The average Bonchev–Trinajstić information content (AvgIpc) is 2.43. The van der Waals surface area contributed by atoms with Gasteiger partial charge in [0, 0.05) is 6.04 Å². The van der Waals surface area contributed by atoms with Gasteiger partial charge in [-0.2, -0.15) is 0 Å². The minimum absolute atomic E-state index is 0.514. The molecule has 0 radical (unpaired) electrons. The topological polar surface area (TPSA) is 26.0 Å². The Morgan fingerprint density at radius 2 is 1.71 bits per heavy atom. The lowest BCUT2D eigenvalue weighted by atomic mass is 9.47. The number of fused-ring (bicyclic) bond motifs is 1. The number of nitrogens with two attached hydrogens (primary N) is 1. The van der Waals surface area contributed by atoms with Crippen LogP contribution in [0.25, 0.3) is 0 Å². The number of hydrogen-bond acceptors (Lipinski definition) is 1. The fourth-order valence-corrected chi connectivity index (χ4v) is 4.28. The zero-order valence-corrected chi connectivity index (χ0v) is 9.76. The minimum Gasteiger partial charge on any atom is -0.327 e. The first kappa shape index (κ1) is 10.5. The summed E-state index contributed by atoms with van der Waals surface area (Å²) >= 11 is 0. The molecule has 2 fully saturated rings. The van der Waals surface area contributed by atoms with Crippen LogP contribution in [0.1, 0.15) is 58.8 Å². The lowest BCUT2D eigenvalue weighted by Gasteiger charge is -2.60. The first-order chi connectivity index (χ1) is 6.76. The summed E-state index contributed by atoms with van der Waals surface area (Å²) < 4.78 is 0. The van der Waals surface area contributed by atoms with Gasteiger partial charge in [0.25, 0.3) is 0 Å². The molecule has 0 heterocycles. The van der Waals surface area contributed by atoms with Gasteiger partial charge in [-0.05, 0) is 42.9 Å². The molecule has 1 nitrogen and oxygen atoms in total. The molecule has 2 rings (SSSR count). The molecule has 3 atom stereocenters. The van der Waals surface area contributed by atoms with E-state index in [1.165, 1.54) is 44.9 Å². The van der Waals surface area contributed by atoms with Crippen molar-refractivity contribution in [1.29, 1.82) is 0 Å². The van der Waals surface area contributed by atoms with Crippen molar-refractivity contribution < 1.29 is 0 Å². The molecule has 2 aliphatic carbocycles. The Kier molecular flexibility index (Phi) is 2.88. The molecule has 0 aliphatic heterocycles. The maximum atomic E-state index is 6.40. The van der Waals surface area contributed by atoms with Crippen molar-refractivity contribution in [3.05, 3.63) is 0 Å². The second-order valence-corrected chi connectivity index (χ2v) is 5.37. The highest BCUT2D eigenvalue weighted by Gasteiger charge is 2.56. The van der Waals surface area contributed by atoms with E-state index < -0.39 is 0 Å². The molecule has 0 aromatic carbocycles. The summed E-state index contributed by atoms with van der Waals surface area (Å²) in [6, 6.07) is 0.514.